The first kappa shape index (κ1) is 24.8. The number of ether oxygens (including phenoxy) is 1. The van der Waals surface area contributed by atoms with E-state index in [0.717, 1.165) is 18.4 Å². The second kappa shape index (κ2) is 12.4. The molecule has 1 atom stereocenters. The van der Waals surface area contributed by atoms with Gasteiger partial charge in [0, 0.05) is 18.0 Å². The van der Waals surface area contributed by atoms with Gasteiger partial charge in [0.1, 0.15) is 0 Å². The van der Waals surface area contributed by atoms with Gasteiger partial charge in [-0.3, -0.25) is 9.59 Å². The van der Waals surface area contributed by atoms with E-state index in [0.29, 0.717) is 16.5 Å². The predicted molar refractivity (Wildman–Crippen MR) is 130 cm³/mol. The van der Waals surface area contributed by atoms with Gasteiger partial charge in [0.15, 0.2) is 6.61 Å². The summed E-state index contributed by atoms with van der Waals surface area (Å²) in [7, 11) is 1.87. The van der Waals surface area contributed by atoms with Gasteiger partial charge in [0.25, 0.3) is 5.91 Å². The van der Waals surface area contributed by atoms with E-state index in [1.165, 1.54) is 31.0 Å². The molecule has 2 amide bonds. The lowest BCUT2D eigenvalue weighted by molar-refractivity contribution is -0.129. The lowest BCUT2D eigenvalue weighted by Crippen LogP contribution is -2.39. The van der Waals surface area contributed by atoms with Crippen LogP contribution in [0.4, 0.5) is 0 Å². The highest BCUT2D eigenvalue weighted by molar-refractivity contribution is 8.00. The summed E-state index contributed by atoms with van der Waals surface area (Å²) in [6.45, 7) is 1.51. The molecule has 0 spiro atoms. The Bertz CT molecular complexity index is 944. The summed E-state index contributed by atoms with van der Waals surface area (Å²) >= 11 is 1.33. The van der Waals surface area contributed by atoms with Gasteiger partial charge in [-0.2, -0.15) is 0 Å². The quantitative estimate of drug-likeness (QED) is 0.430. The van der Waals surface area contributed by atoms with Crippen LogP contribution in [-0.2, 0) is 14.3 Å². The van der Waals surface area contributed by atoms with E-state index in [9.17, 15) is 14.4 Å². The molecule has 0 aromatic heterocycles. The molecule has 7 heteroatoms. The van der Waals surface area contributed by atoms with Crippen LogP contribution < -0.4 is 5.32 Å². The first-order valence-corrected chi connectivity index (χ1v) is 12.4. The third kappa shape index (κ3) is 7.35. The molecule has 0 heterocycles. The molecule has 176 valence electrons. The van der Waals surface area contributed by atoms with E-state index in [4.69, 9.17) is 4.74 Å². The maximum Gasteiger partial charge on any atom is 0.339 e. The van der Waals surface area contributed by atoms with Gasteiger partial charge in [0.05, 0.1) is 17.4 Å². The van der Waals surface area contributed by atoms with E-state index >= 15 is 0 Å². The van der Waals surface area contributed by atoms with Crippen molar-refractivity contribution < 1.29 is 19.1 Å². The average Bonchev–Trinajstić information content (AvgIpc) is 2.86. The monoisotopic (exact) mass is 468 g/mol. The van der Waals surface area contributed by atoms with Gasteiger partial charge in [-0.25, -0.2) is 4.79 Å². The van der Waals surface area contributed by atoms with E-state index < -0.39 is 5.97 Å². The van der Waals surface area contributed by atoms with E-state index in [1.807, 2.05) is 55.3 Å². The zero-order valence-electron chi connectivity index (χ0n) is 19.3. The number of benzene rings is 2. The molecule has 1 unspecified atom stereocenters. The lowest BCUT2D eigenvalue weighted by Gasteiger charge is -2.31. The summed E-state index contributed by atoms with van der Waals surface area (Å²) in [5.41, 5.74) is 1.33. The zero-order valence-corrected chi connectivity index (χ0v) is 20.1. The second-order valence-electron chi connectivity index (χ2n) is 8.36. The normalized spacial score (nSPS) is 14.8. The Morgan fingerprint density at radius 1 is 1.03 bits per heavy atom. The molecule has 0 aliphatic heterocycles. The fraction of sp³-hybridized carbons (Fsp3) is 0.423. The van der Waals surface area contributed by atoms with Crippen molar-refractivity contribution in [3.05, 3.63) is 65.7 Å². The smallest absolute Gasteiger partial charge is 0.339 e. The highest BCUT2D eigenvalue weighted by Gasteiger charge is 2.23. The molecule has 1 fully saturated rings. The van der Waals surface area contributed by atoms with Crippen molar-refractivity contribution >= 4 is 29.5 Å². The van der Waals surface area contributed by atoms with Crippen LogP contribution in [-0.4, -0.2) is 48.1 Å². The largest absolute Gasteiger partial charge is 0.452 e. The molecule has 1 aliphatic carbocycles. The van der Waals surface area contributed by atoms with Gasteiger partial charge in [0.2, 0.25) is 5.91 Å². The minimum atomic E-state index is -0.575. The summed E-state index contributed by atoms with van der Waals surface area (Å²) in [6.07, 6.45) is 5.69. The third-order valence-electron chi connectivity index (χ3n) is 5.99. The number of nitrogens with zero attached hydrogens (tertiary/aromatic N) is 1. The molecule has 6 nitrogen and oxygen atoms in total. The molecule has 2 aromatic rings. The Morgan fingerprint density at radius 2 is 1.70 bits per heavy atom. The molecule has 1 saturated carbocycles. The topological polar surface area (TPSA) is 75.7 Å². The highest BCUT2D eigenvalue weighted by atomic mass is 32.2. The maximum atomic E-state index is 12.7. The Hall–Kier alpha value is -2.80. The number of nitrogens with one attached hydrogen (secondary N) is 1. The zero-order chi connectivity index (χ0) is 23.6. The van der Waals surface area contributed by atoms with Gasteiger partial charge in [-0.05, 0) is 37.5 Å². The first-order chi connectivity index (χ1) is 16.0. The number of hydrogen-bond donors (Lipinski definition) is 1. The number of rotatable bonds is 9. The van der Waals surface area contributed by atoms with Crippen molar-refractivity contribution in [2.45, 2.75) is 56.0 Å². The van der Waals surface area contributed by atoms with Crippen LogP contribution in [0.2, 0.25) is 0 Å². The van der Waals surface area contributed by atoms with E-state index in [-0.39, 0.29) is 30.2 Å². The molecule has 1 aliphatic rings. The third-order valence-corrected chi connectivity index (χ3v) is 7.04. The Balaban J connectivity index is 1.50. The van der Waals surface area contributed by atoms with Gasteiger partial charge in [-0.15, -0.1) is 11.8 Å². The molecular formula is C26H32N2O4S. The SMILES string of the molecule is CC(NC(=O)COC(=O)c1ccccc1SCC(=O)N(C)C1CCCCC1)c1ccccc1. The van der Waals surface area contributed by atoms with Crippen LogP contribution in [0.25, 0.3) is 0 Å². The van der Waals surface area contributed by atoms with Crippen molar-refractivity contribution in [2.24, 2.45) is 0 Å². The van der Waals surface area contributed by atoms with Gasteiger partial charge < -0.3 is 15.0 Å². The van der Waals surface area contributed by atoms with Crippen LogP contribution in [0.15, 0.2) is 59.5 Å². The van der Waals surface area contributed by atoms with E-state index in [1.54, 1.807) is 18.2 Å². The summed E-state index contributed by atoms with van der Waals surface area (Å²) in [6, 6.07) is 16.7. The fourth-order valence-electron chi connectivity index (χ4n) is 3.99. The van der Waals surface area contributed by atoms with Gasteiger partial charge in [-0.1, -0.05) is 61.7 Å². The molecular weight excluding hydrogens is 436 g/mol. The summed E-state index contributed by atoms with van der Waals surface area (Å²) in [4.78, 5) is 40.1. The minimum absolute atomic E-state index is 0.0596. The first-order valence-electron chi connectivity index (χ1n) is 11.4. The van der Waals surface area contributed by atoms with Crippen LogP contribution in [0.1, 0.15) is 61.0 Å². The van der Waals surface area contributed by atoms with Crippen molar-refractivity contribution in [1.29, 1.82) is 0 Å². The van der Waals surface area contributed by atoms with Crippen LogP contribution >= 0.6 is 11.8 Å². The second-order valence-corrected chi connectivity index (χ2v) is 9.37. The molecule has 0 saturated heterocycles. The van der Waals surface area contributed by atoms with Crippen molar-refractivity contribution in [1.82, 2.24) is 10.2 Å². The number of carbonyl (C=O) groups is 3. The lowest BCUT2D eigenvalue weighted by atomic mass is 9.94. The van der Waals surface area contributed by atoms with Crippen LogP contribution in [0.3, 0.4) is 0 Å². The Morgan fingerprint density at radius 3 is 2.42 bits per heavy atom. The molecule has 33 heavy (non-hydrogen) atoms. The summed E-state index contributed by atoms with van der Waals surface area (Å²) < 4.78 is 5.26. The maximum absolute atomic E-state index is 12.7. The number of hydrogen-bond acceptors (Lipinski definition) is 5. The number of thioether (sulfide) groups is 1. The summed E-state index contributed by atoms with van der Waals surface area (Å²) in [5, 5.41) is 2.83. The van der Waals surface area contributed by atoms with E-state index in [2.05, 4.69) is 5.32 Å². The minimum Gasteiger partial charge on any atom is -0.452 e. The van der Waals surface area contributed by atoms with Gasteiger partial charge >= 0.3 is 5.97 Å². The Kier molecular flexibility index (Phi) is 9.36. The average molecular weight is 469 g/mol. The van der Waals surface area contributed by atoms with Crippen molar-refractivity contribution in [3.8, 4) is 0 Å². The number of carbonyl (C=O) groups excluding carboxylic acids is 3. The molecule has 1 N–H and O–H groups in total. The highest BCUT2D eigenvalue weighted by Crippen LogP contribution is 2.26. The molecule has 0 bridgehead atoms. The fourth-order valence-corrected chi connectivity index (χ4v) is 4.96. The van der Waals surface area contributed by atoms with Crippen molar-refractivity contribution in [2.75, 3.05) is 19.4 Å². The molecule has 0 radical (unpaired) electrons. The molecule has 2 aromatic carbocycles. The molecule has 3 rings (SSSR count). The van der Waals surface area contributed by atoms with Crippen molar-refractivity contribution in [3.63, 3.8) is 0 Å². The standard InChI is InChI=1S/C26H32N2O4S/c1-19(20-11-5-3-6-12-20)27-24(29)17-32-26(31)22-15-9-10-16-23(22)33-18-25(30)28(2)21-13-7-4-8-14-21/h3,5-6,9-12,15-16,19,21H,4,7-8,13-14,17-18H2,1-2H3,(H,27,29). The number of amides is 2. The number of esters is 1. The van der Waals surface area contributed by atoms with Crippen LogP contribution in [0, 0.1) is 0 Å². The van der Waals surface area contributed by atoms with Crippen LogP contribution in [0.5, 0.6) is 0 Å². The summed E-state index contributed by atoms with van der Waals surface area (Å²) in [5.74, 6) is -0.626. The Labute approximate surface area is 200 Å². The predicted octanol–water partition coefficient (Wildman–Crippen LogP) is 4.60.